The molecule has 5 N–H and O–H groups in total. The monoisotopic (exact) mass is 660 g/mol. The fraction of sp³-hybridized carbons (Fsp3) is 0.323. The molecule has 1 fully saturated rings. The number of methoxy groups -OCH3 is 2. The SMILES string of the molecule is COc1ccc(C(Nc2cc(C(N)=O)c(F)cc2F)C(=O)N2CCCC2c2cc(NC(=O)O)ccc2S(=O)(=O)C(C)C)cc1OC. The molecule has 2 unspecified atom stereocenters. The quantitative estimate of drug-likeness (QED) is 0.223. The first kappa shape index (κ1) is 34.0. The number of rotatable bonds is 11. The van der Waals surface area contributed by atoms with Gasteiger partial charge in [0.25, 0.3) is 5.91 Å². The maximum Gasteiger partial charge on any atom is 0.409 e. The summed E-state index contributed by atoms with van der Waals surface area (Å²) < 4.78 is 66.9. The number of carbonyl (C=O) groups excluding carboxylic acids is 2. The van der Waals surface area contributed by atoms with Crippen LogP contribution in [0.25, 0.3) is 0 Å². The van der Waals surface area contributed by atoms with E-state index in [4.69, 9.17) is 15.2 Å². The lowest BCUT2D eigenvalue weighted by molar-refractivity contribution is -0.133. The minimum atomic E-state index is -3.89. The van der Waals surface area contributed by atoms with Crippen molar-refractivity contribution in [3.05, 3.63) is 76.9 Å². The Hall–Kier alpha value is -4.92. The topological polar surface area (TPSA) is 177 Å². The van der Waals surface area contributed by atoms with E-state index < -0.39 is 68.0 Å². The molecule has 1 heterocycles. The zero-order chi connectivity index (χ0) is 33.9. The molecular formula is C31H34F2N4O8S. The minimum Gasteiger partial charge on any atom is -0.493 e. The minimum absolute atomic E-state index is 0.0607. The number of halogens is 2. The van der Waals surface area contributed by atoms with Crippen LogP contribution in [0.15, 0.2) is 53.4 Å². The van der Waals surface area contributed by atoms with Gasteiger partial charge in [-0.1, -0.05) is 6.07 Å². The molecule has 0 aliphatic carbocycles. The summed E-state index contributed by atoms with van der Waals surface area (Å²) in [5.74, 6) is -3.47. The molecule has 46 heavy (non-hydrogen) atoms. The average Bonchev–Trinajstić information content (AvgIpc) is 3.49. The van der Waals surface area contributed by atoms with E-state index in [-0.39, 0.29) is 34.0 Å². The summed E-state index contributed by atoms with van der Waals surface area (Å²) in [7, 11) is -1.08. The highest BCUT2D eigenvalue weighted by Crippen LogP contribution is 2.41. The number of ether oxygens (including phenoxy) is 2. The Morgan fingerprint density at radius 2 is 1.70 bits per heavy atom. The molecule has 12 nitrogen and oxygen atoms in total. The van der Waals surface area contributed by atoms with Crippen LogP contribution in [0.2, 0.25) is 0 Å². The van der Waals surface area contributed by atoms with Gasteiger partial charge in [0.2, 0.25) is 5.91 Å². The van der Waals surface area contributed by atoms with Crippen LogP contribution in [0.4, 0.5) is 25.0 Å². The Morgan fingerprint density at radius 1 is 1.00 bits per heavy atom. The number of sulfone groups is 1. The number of nitrogens with two attached hydrogens (primary N) is 1. The van der Waals surface area contributed by atoms with Gasteiger partial charge in [-0.05, 0) is 74.2 Å². The normalized spacial score (nSPS) is 15.4. The van der Waals surface area contributed by atoms with E-state index in [0.29, 0.717) is 24.7 Å². The Balaban J connectivity index is 1.87. The molecular weight excluding hydrogens is 626 g/mol. The molecule has 0 aromatic heterocycles. The molecule has 3 aromatic carbocycles. The first-order chi connectivity index (χ1) is 21.7. The van der Waals surface area contributed by atoms with Gasteiger partial charge in [0, 0.05) is 18.3 Å². The van der Waals surface area contributed by atoms with Gasteiger partial charge in [-0.15, -0.1) is 0 Å². The van der Waals surface area contributed by atoms with Gasteiger partial charge in [-0.3, -0.25) is 14.9 Å². The zero-order valence-corrected chi connectivity index (χ0v) is 26.3. The third-order valence-corrected chi connectivity index (χ3v) is 9.92. The van der Waals surface area contributed by atoms with Crippen LogP contribution < -0.4 is 25.8 Å². The summed E-state index contributed by atoms with van der Waals surface area (Å²) in [6.45, 7) is 3.19. The van der Waals surface area contributed by atoms with Gasteiger partial charge in [0.05, 0.1) is 41.7 Å². The molecule has 0 bridgehead atoms. The zero-order valence-electron chi connectivity index (χ0n) is 25.5. The highest BCUT2D eigenvalue weighted by Gasteiger charge is 2.38. The second-order valence-electron chi connectivity index (χ2n) is 10.8. The summed E-state index contributed by atoms with van der Waals surface area (Å²) in [4.78, 5) is 39.1. The van der Waals surface area contributed by atoms with Crippen molar-refractivity contribution in [1.29, 1.82) is 0 Å². The molecule has 3 amide bonds. The molecule has 0 saturated carbocycles. The number of hydrogen-bond donors (Lipinski definition) is 4. The van der Waals surface area contributed by atoms with Crippen LogP contribution in [0.1, 0.15) is 60.3 Å². The Bertz CT molecular complexity index is 1780. The number of benzene rings is 3. The van der Waals surface area contributed by atoms with Crippen LogP contribution in [-0.2, 0) is 14.6 Å². The number of hydrogen-bond acceptors (Lipinski definition) is 8. The smallest absolute Gasteiger partial charge is 0.409 e. The molecule has 0 spiro atoms. The predicted molar refractivity (Wildman–Crippen MR) is 165 cm³/mol. The molecule has 1 aliphatic heterocycles. The van der Waals surface area contributed by atoms with Gasteiger partial charge in [-0.25, -0.2) is 22.0 Å². The lowest BCUT2D eigenvalue weighted by Crippen LogP contribution is -2.38. The van der Waals surface area contributed by atoms with Crippen molar-refractivity contribution in [2.24, 2.45) is 5.73 Å². The molecule has 0 radical (unpaired) electrons. The number of anilines is 2. The van der Waals surface area contributed by atoms with Crippen LogP contribution in [0.5, 0.6) is 11.5 Å². The van der Waals surface area contributed by atoms with Crippen molar-refractivity contribution in [2.45, 2.75) is 48.9 Å². The average molecular weight is 661 g/mol. The molecule has 3 aromatic rings. The van der Waals surface area contributed by atoms with Crippen LogP contribution in [0.3, 0.4) is 0 Å². The van der Waals surface area contributed by atoms with Crippen molar-refractivity contribution in [1.82, 2.24) is 4.90 Å². The predicted octanol–water partition coefficient (Wildman–Crippen LogP) is 4.87. The van der Waals surface area contributed by atoms with Gasteiger partial charge < -0.3 is 30.5 Å². The van der Waals surface area contributed by atoms with Crippen molar-refractivity contribution in [3.8, 4) is 11.5 Å². The molecule has 1 aliphatic rings. The second kappa shape index (κ2) is 13.6. The van der Waals surface area contributed by atoms with Crippen LogP contribution >= 0.6 is 0 Å². The highest BCUT2D eigenvalue weighted by molar-refractivity contribution is 7.92. The maximum absolute atomic E-state index is 15.1. The van der Waals surface area contributed by atoms with Crippen molar-refractivity contribution in [2.75, 3.05) is 31.4 Å². The summed E-state index contributed by atoms with van der Waals surface area (Å²) >= 11 is 0. The molecule has 2 atom stereocenters. The molecule has 1 saturated heterocycles. The summed E-state index contributed by atoms with van der Waals surface area (Å²) in [6.07, 6.45) is -0.568. The Kier molecular flexibility index (Phi) is 10.0. The largest absolute Gasteiger partial charge is 0.493 e. The first-order valence-corrected chi connectivity index (χ1v) is 15.7. The van der Waals surface area contributed by atoms with Gasteiger partial charge in [0.1, 0.15) is 17.7 Å². The Morgan fingerprint density at radius 3 is 2.30 bits per heavy atom. The number of carbonyl (C=O) groups is 3. The highest BCUT2D eigenvalue weighted by atomic mass is 32.2. The third kappa shape index (κ3) is 6.83. The van der Waals surface area contributed by atoms with Crippen LogP contribution in [-0.4, -0.2) is 62.3 Å². The fourth-order valence-electron chi connectivity index (χ4n) is 5.37. The van der Waals surface area contributed by atoms with Crippen LogP contribution in [0, 0.1) is 11.6 Å². The number of nitrogens with one attached hydrogen (secondary N) is 2. The maximum atomic E-state index is 15.1. The number of carboxylic acid groups (broad SMARTS) is 1. The van der Waals surface area contributed by atoms with E-state index in [0.717, 1.165) is 6.07 Å². The summed E-state index contributed by atoms with van der Waals surface area (Å²) in [5.41, 5.74) is 4.86. The van der Waals surface area contributed by atoms with E-state index in [1.165, 1.54) is 69.4 Å². The van der Waals surface area contributed by atoms with Gasteiger partial charge >= 0.3 is 6.09 Å². The van der Waals surface area contributed by atoms with E-state index in [9.17, 15) is 32.3 Å². The van der Waals surface area contributed by atoms with Crippen molar-refractivity contribution >= 4 is 39.1 Å². The molecule has 4 rings (SSSR count). The number of primary amides is 1. The standard InChI is InChI=1S/C31H34F2N4O8S/c1-16(2)46(42,43)27-10-8-18(35-31(40)41)13-20(27)24-6-5-11-37(24)30(39)28(17-7-9-25(44-3)26(12-17)45-4)36-23-14-19(29(34)38)21(32)15-22(23)33/h7-10,12-16,24,28,35-36H,5-6,11H2,1-4H3,(H2,34,38)(H,40,41). The first-order valence-electron chi connectivity index (χ1n) is 14.1. The van der Waals surface area contributed by atoms with E-state index in [1.54, 1.807) is 0 Å². The number of nitrogens with zero attached hydrogens (tertiary/aromatic N) is 1. The molecule has 246 valence electrons. The lowest BCUT2D eigenvalue weighted by atomic mass is 10.00. The number of amides is 3. The number of likely N-dealkylation sites (tertiary alicyclic amines) is 1. The van der Waals surface area contributed by atoms with E-state index >= 15 is 4.39 Å². The Labute approximate surface area is 264 Å². The lowest BCUT2D eigenvalue weighted by Gasteiger charge is -2.32. The van der Waals surface area contributed by atoms with E-state index in [2.05, 4.69) is 10.6 Å². The van der Waals surface area contributed by atoms with E-state index in [1.807, 2.05) is 0 Å². The van der Waals surface area contributed by atoms with Gasteiger partial charge in [-0.2, -0.15) is 0 Å². The fourth-order valence-corrected chi connectivity index (χ4v) is 6.66. The van der Waals surface area contributed by atoms with Gasteiger partial charge in [0.15, 0.2) is 21.3 Å². The molecule has 15 heteroatoms. The third-order valence-electron chi connectivity index (χ3n) is 7.69. The van der Waals surface area contributed by atoms with Crippen molar-refractivity contribution in [3.63, 3.8) is 0 Å². The summed E-state index contributed by atoms with van der Waals surface area (Å²) in [5, 5.41) is 13.5. The summed E-state index contributed by atoms with van der Waals surface area (Å²) in [6, 6.07) is 7.72. The van der Waals surface area contributed by atoms with Crippen molar-refractivity contribution < 1.29 is 46.2 Å². The second-order valence-corrected chi connectivity index (χ2v) is 13.3.